The lowest BCUT2D eigenvalue weighted by Gasteiger charge is -2.19. The average Bonchev–Trinajstić information content (AvgIpc) is 3.11. The summed E-state index contributed by atoms with van der Waals surface area (Å²) in [7, 11) is 1.90. The van der Waals surface area contributed by atoms with E-state index in [1.807, 2.05) is 60.3 Å². The summed E-state index contributed by atoms with van der Waals surface area (Å²) in [6.07, 6.45) is 3.57. The van der Waals surface area contributed by atoms with E-state index in [2.05, 4.69) is 27.8 Å². The van der Waals surface area contributed by atoms with E-state index in [1.54, 1.807) is 18.0 Å². The van der Waals surface area contributed by atoms with Crippen LogP contribution in [0.15, 0.2) is 71.9 Å². The Bertz CT molecular complexity index is 867. The zero-order chi connectivity index (χ0) is 19.1. The van der Waals surface area contributed by atoms with Crippen LogP contribution in [-0.4, -0.2) is 27.9 Å². The summed E-state index contributed by atoms with van der Waals surface area (Å²) in [4.78, 5) is 18.0. The number of hydrogen-bond donors (Lipinski definition) is 2. The molecule has 0 bridgehead atoms. The van der Waals surface area contributed by atoms with Gasteiger partial charge in [-0.25, -0.2) is 9.78 Å². The molecule has 27 heavy (non-hydrogen) atoms. The Balaban J connectivity index is 1.59. The van der Waals surface area contributed by atoms with E-state index in [0.717, 1.165) is 17.1 Å². The minimum absolute atomic E-state index is 0.230. The highest BCUT2D eigenvalue weighted by Gasteiger charge is 2.20. The molecule has 3 rings (SSSR count). The molecule has 0 unspecified atom stereocenters. The number of halogens is 1. The number of aryl methyl sites for hydroxylation is 1. The van der Waals surface area contributed by atoms with Gasteiger partial charge < -0.3 is 15.2 Å². The molecule has 140 valence electrons. The molecular formula is C20H21ClN4OS. The number of benzene rings is 2. The molecule has 0 radical (unpaired) electrons. The van der Waals surface area contributed by atoms with Crippen molar-refractivity contribution < 1.29 is 4.79 Å². The normalized spacial score (nSPS) is 11.8. The van der Waals surface area contributed by atoms with E-state index in [4.69, 9.17) is 11.6 Å². The van der Waals surface area contributed by atoms with E-state index < -0.39 is 0 Å². The van der Waals surface area contributed by atoms with Gasteiger partial charge in [-0.3, -0.25) is 0 Å². The average molecular weight is 401 g/mol. The van der Waals surface area contributed by atoms with Crippen LogP contribution in [0.5, 0.6) is 0 Å². The highest BCUT2D eigenvalue weighted by atomic mass is 35.5. The number of carbonyl (C=O) groups excluding carboxylic acids is 1. The molecule has 2 N–H and O–H groups in total. The second-order valence-corrected chi connectivity index (χ2v) is 7.55. The van der Waals surface area contributed by atoms with E-state index in [-0.39, 0.29) is 12.1 Å². The third kappa shape index (κ3) is 5.52. The second-order valence-electron chi connectivity index (χ2n) is 5.94. The fraction of sp³-hybridized carbons (Fsp3) is 0.200. The van der Waals surface area contributed by atoms with Crippen LogP contribution in [0, 0.1) is 0 Å². The van der Waals surface area contributed by atoms with Crippen LogP contribution in [0.2, 0.25) is 5.02 Å². The molecule has 3 aromatic rings. The smallest absolute Gasteiger partial charge is 0.315 e. The van der Waals surface area contributed by atoms with E-state index in [1.165, 1.54) is 4.90 Å². The molecule has 0 aliphatic carbocycles. The molecule has 2 aromatic carbocycles. The first-order valence-electron chi connectivity index (χ1n) is 8.58. The van der Waals surface area contributed by atoms with Crippen molar-refractivity contribution in [3.05, 3.63) is 83.4 Å². The molecule has 7 heteroatoms. The number of aromatic nitrogens is 2. The Morgan fingerprint density at radius 2 is 1.93 bits per heavy atom. The van der Waals surface area contributed by atoms with Gasteiger partial charge in [0.15, 0.2) is 0 Å². The molecule has 1 atom stereocenters. The fourth-order valence-electron chi connectivity index (χ4n) is 2.64. The number of nitrogens with one attached hydrogen (secondary N) is 2. The number of imidazole rings is 1. The van der Waals surface area contributed by atoms with Crippen molar-refractivity contribution in [1.29, 1.82) is 0 Å². The summed E-state index contributed by atoms with van der Waals surface area (Å²) in [6, 6.07) is 16.9. The summed E-state index contributed by atoms with van der Waals surface area (Å²) in [5.74, 6) is 1.55. The first-order valence-corrected chi connectivity index (χ1v) is 9.95. The molecule has 5 nitrogen and oxygen atoms in total. The Kier molecular flexibility index (Phi) is 6.79. The maximum Gasteiger partial charge on any atom is 0.315 e. The fourth-order valence-corrected chi connectivity index (χ4v) is 3.56. The first kappa shape index (κ1) is 19.3. The number of urea groups is 1. The summed E-state index contributed by atoms with van der Waals surface area (Å²) in [5.41, 5.74) is 0.919. The Labute approximate surface area is 168 Å². The third-order valence-electron chi connectivity index (χ3n) is 3.99. The maximum absolute atomic E-state index is 12.4. The molecular weight excluding hydrogens is 380 g/mol. The second kappa shape index (κ2) is 9.48. The molecule has 0 spiro atoms. The van der Waals surface area contributed by atoms with Gasteiger partial charge in [-0.1, -0.05) is 41.9 Å². The molecule has 0 saturated heterocycles. The van der Waals surface area contributed by atoms with E-state index in [0.29, 0.717) is 11.6 Å². The molecule has 0 aliphatic rings. The van der Waals surface area contributed by atoms with Crippen LogP contribution in [0.1, 0.15) is 17.4 Å². The monoisotopic (exact) mass is 400 g/mol. The lowest BCUT2D eigenvalue weighted by atomic mass is 10.1. The van der Waals surface area contributed by atoms with Gasteiger partial charge in [-0.15, -0.1) is 11.8 Å². The highest BCUT2D eigenvalue weighted by molar-refractivity contribution is 7.99. The zero-order valence-electron chi connectivity index (χ0n) is 14.9. The van der Waals surface area contributed by atoms with Crippen molar-refractivity contribution in [3.63, 3.8) is 0 Å². The summed E-state index contributed by atoms with van der Waals surface area (Å²) in [6.45, 7) is 0.569. The number of thioether (sulfide) groups is 1. The third-order valence-corrected chi connectivity index (χ3v) is 5.26. The van der Waals surface area contributed by atoms with Crippen LogP contribution >= 0.6 is 23.4 Å². The molecule has 0 aliphatic heterocycles. The Morgan fingerprint density at radius 1 is 1.19 bits per heavy atom. The number of rotatable bonds is 7. The Morgan fingerprint density at radius 3 is 2.59 bits per heavy atom. The van der Waals surface area contributed by atoms with Gasteiger partial charge in [0.25, 0.3) is 0 Å². The predicted molar refractivity (Wildman–Crippen MR) is 110 cm³/mol. The lowest BCUT2D eigenvalue weighted by Crippen LogP contribution is -2.40. The number of nitrogens with zero attached hydrogens (tertiary/aromatic N) is 2. The highest BCUT2D eigenvalue weighted by Crippen LogP contribution is 2.22. The van der Waals surface area contributed by atoms with Crippen LogP contribution < -0.4 is 10.6 Å². The predicted octanol–water partition coefficient (Wildman–Crippen LogP) is 4.25. The summed E-state index contributed by atoms with van der Waals surface area (Å²) < 4.78 is 1.89. The van der Waals surface area contributed by atoms with E-state index in [9.17, 15) is 4.79 Å². The van der Waals surface area contributed by atoms with Gasteiger partial charge in [0.05, 0.1) is 0 Å². The van der Waals surface area contributed by atoms with Crippen molar-refractivity contribution >= 4 is 29.4 Å². The zero-order valence-corrected chi connectivity index (χ0v) is 16.5. The number of hydrogen-bond acceptors (Lipinski definition) is 3. The number of carbonyl (C=O) groups is 1. The van der Waals surface area contributed by atoms with Crippen molar-refractivity contribution in [2.75, 3.05) is 12.3 Å². The summed E-state index contributed by atoms with van der Waals surface area (Å²) in [5, 5.41) is 6.57. The minimum atomic E-state index is -0.357. The van der Waals surface area contributed by atoms with Gasteiger partial charge in [-0.05, 0) is 29.8 Å². The van der Waals surface area contributed by atoms with Crippen LogP contribution in [0.25, 0.3) is 0 Å². The Hall–Kier alpha value is -2.44. The van der Waals surface area contributed by atoms with Gasteiger partial charge in [0.1, 0.15) is 11.9 Å². The topological polar surface area (TPSA) is 59.0 Å². The van der Waals surface area contributed by atoms with Crippen LogP contribution in [0.4, 0.5) is 4.79 Å². The quantitative estimate of drug-likeness (QED) is 0.460. The molecule has 2 amide bonds. The first-order chi connectivity index (χ1) is 13.1. The summed E-state index contributed by atoms with van der Waals surface area (Å²) >= 11 is 7.70. The minimum Gasteiger partial charge on any atom is -0.337 e. The van der Waals surface area contributed by atoms with Crippen LogP contribution in [0.3, 0.4) is 0 Å². The van der Waals surface area contributed by atoms with Gasteiger partial charge in [0.2, 0.25) is 0 Å². The largest absolute Gasteiger partial charge is 0.337 e. The van der Waals surface area contributed by atoms with Gasteiger partial charge >= 0.3 is 6.03 Å². The maximum atomic E-state index is 12.4. The van der Waals surface area contributed by atoms with Crippen molar-refractivity contribution in [3.8, 4) is 0 Å². The molecule has 1 aromatic heterocycles. The van der Waals surface area contributed by atoms with Crippen LogP contribution in [-0.2, 0) is 7.05 Å². The standard InChI is InChI=1S/C20H21ClN4OS/c1-25-13-11-22-19(25)18(15-7-9-16(21)10-8-15)24-20(26)23-12-14-27-17-5-3-2-4-6-17/h2-11,13,18H,12,14H2,1H3,(H2,23,24,26)/t18-/m1/s1. The van der Waals surface area contributed by atoms with Crippen molar-refractivity contribution in [1.82, 2.24) is 20.2 Å². The SMILES string of the molecule is Cn1ccnc1[C@H](NC(=O)NCCSc1ccccc1)c1ccc(Cl)cc1. The van der Waals surface area contributed by atoms with Gasteiger partial charge in [-0.2, -0.15) is 0 Å². The van der Waals surface area contributed by atoms with Gasteiger partial charge in [0, 0.05) is 41.7 Å². The molecule has 0 saturated carbocycles. The van der Waals surface area contributed by atoms with E-state index >= 15 is 0 Å². The molecule has 1 heterocycles. The van der Waals surface area contributed by atoms with Crippen molar-refractivity contribution in [2.45, 2.75) is 10.9 Å². The lowest BCUT2D eigenvalue weighted by molar-refractivity contribution is 0.238. The molecule has 0 fully saturated rings. The number of amides is 2. The van der Waals surface area contributed by atoms with Crippen molar-refractivity contribution in [2.24, 2.45) is 7.05 Å².